The summed E-state index contributed by atoms with van der Waals surface area (Å²) in [5, 5.41) is 7.03. The van der Waals surface area contributed by atoms with E-state index in [2.05, 4.69) is 10.4 Å². The maximum atomic E-state index is 11.9. The second kappa shape index (κ2) is 6.15. The van der Waals surface area contributed by atoms with Crippen molar-refractivity contribution in [3.05, 3.63) is 53.3 Å². The molecule has 19 heavy (non-hydrogen) atoms. The van der Waals surface area contributed by atoms with Gasteiger partial charge >= 0.3 is 0 Å². The highest BCUT2D eigenvalue weighted by Crippen LogP contribution is 2.04. The number of aryl methyl sites for hydroxylation is 1. The normalized spacial score (nSPS) is 10.4. The monoisotopic (exact) mass is 258 g/mol. The van der Waals surface area contributed by atoms with Crippen LogP contribution in [-0.2, 0) is 13.1 Å². The van der Waals surface area contributed by atoms with Gasteiger partial charge in [-0.15, -0.1) is 0 Å². The SMILES string of the molecule is Cc1cnn(CCNC(=O)c2cccc(CN)c2)c1. The van der Waals surface area contributed by atoms with Crippen molar-refractivity contribution in [2.45, 2.75) is 20.0 Å². The maximum absolute atomic E-state index is 11.9. The van der Waals surface area contributed by atoms with E-state index in [1.165, 1.54) is 0 Å². The number of nitrogens with two attached hydrogens (primary N) is 1. The number of hydrogen-bond donors (Lipinski definition) is 2. The topological polar surface area (TPSA) is 72.9 Å². The summed E-state index contributed by atoms with van der Waals surface area (Å²) in [6.45, 7) is 3.64. The Morgan fingerprint density at radius 3 is 3.00 bits per heavy atom. The van der Waals surface area contributed by atoms with Crippen molar-refractivity contribution in [1.82, 2.24) is 15.1 Å². The lowest BCUT2D eigenvalue weighted by atomic mass is 10.1. The Bertz CT molecular complexity index is 562. The molecule has 1 heterocycles. The summed E-state index contributed by atoms with van der Waals surface area (Å²) in [6.07, 6.45) is 3.74. The molecule has 3 N–H and O–H groups in total. The molecule has 0 atom stereocenters. The second-order valence-corrected chi connectivity index (χ2v) is 4.44. The molecule has 1 aromatic heterocycles. The Morgan fingerprint density at radius 2 is 2.32 bits per heavy atom. The van der Waals surface area contributed by atoms with Crippen LogP contribution in [0, 0.1) is 6.92 Å². The summed E-state index contributed by atoms with van der Waals surface area (Å²) in [6, 6.07) is 7.34. The quantitative estimate of drug-likeness (QED) is 0.843. The number of carbonyl (C=O) groups is 1. The van der Waals surface area contributed by atoms with Crippen LogP contribution in [0.2, 0.25) is 0 Å². The average molecular weight is 258 g/mol. The fourth-order valence-electron chi connectivity index (χ4n) is 1.81. The maximum Gasteiger partial charge on any atom is 0.251 e. The van der Waals surface area contributed by atoms with Gasteiger partial charge in [0.2, 0.25) is 0 Å². The first kappa shape index (κ1) is 13.3. The number of nitrogens with one attached hydrogen (secondary N) is 1. The summed E-state index contributed by atoms with van der Waals surface area (Å²) in [4.78, 5) is 11.9. The first-order valence-corrected chi connectivity index (χ1v) is 6.25. The molecule has 1 aromatic carbocycles. The second-order valence-electron chi connectivity index (χ2n) is 4.44. The standard InChI is InChI=1S/C14H18N4O/c1-11-9-17-18(10-11)6-5-16-14(19)13-4-2-3-12(7-13)8-15/h2-4,7,9-10H,5-6,8,15H2,1H3,(H,16,19). The van der Waals surface area contributed by atoms with Crippen molar-refractivity contribution >= 4 is 5.91 Å². The summed E-state index contributed by atoms with van der Waals surface area (Å²) < 4.78 is 1.81. The Kier molecular flexibility index (Phi) is 4.30. The van der Waals surface area contributed by atoms with E-state index in [0.29, 0.717) is 25.2 Å². The van der Waals surface area contributed by atoms with Crippen LogP contribution in [0.5, 0.6) is 0 Å². The Balaban J connectivity index is 1.87. The zero-order valence-electron chi connectivity index (χ0n) is 11.0. The molecule has 1 amide bonds. The zero-order chi connectivity index (χ0) is 13.7. The highest BCUT2D eigenvalue weighted by Gasteiger charge is 2.05. The average Bonchev–Trinajstić information content (AvgIpc) is 2.84. The van der Waals surface area contributed by atoms with Crippen LogP contribution in [0.3, 0.4) is 0 Å². The van der Waals surface area contributed by atoms with E-state index in [-0.39, 0.29) is 5.91 Å². The van der Waals surface area contributed by atoms with Crippen molar-refractivity contribution in [2.75, 3.05) is 6.54 Å². The van der Waals surface area contributed by atoms with Crippen molar-refractivity contribution in [1.29, 1.82) is 0 Å². The molecule has 2 aromatic rings. The van der Waals surface area contributed by atoms with Gasteiger partial charge in [0.25, 0.3) is 5.91 Å². The molecule has 0 saturated heterocycles. The summed E-state index contributed by atoms with van der Waals surface area (Å²) >= 11 is 0. The van der Waals surface area contributed by atoms with Crippen LogP contribution in [0.1, 0.15) is 21.5 Å². The first-order valence-electron chi connectivity index (χ1n) is 6.25. The van der Waals surface area contributed by atoms with Gasteiger partial charge in [-0.1, -0.05) is 12.1 Å². The van der Waals surface area contributed by atoms with Crippen LogP contribution in [0.25, 0.3) is 0 Å². The van der Waals surface area contributed by atoms with Gasteiger partial charge in [-0.25, -0.2) is 0 Å². The number of amides is 1. The molecule has 100 valence electrons. The third-order valence-corrected chi connectivity index (χ3v) is 2.81. The Morgan fingerprint density at radius 1 is 1.47 bits per heavy atom. The molecule has 5 heteroatoms. The Hall–Kier alpha value is -2.14. The first-order chi connectivity index (χ1) is 9.19. The molecule has 0 saturated carbocycles. The van der Waals surface area contributed by atoms with Crippen LogP contribution in [0.15, 0.2) is 36.7 Å². The molecule has 0 spiro atoms. The van der Waals surface area contributed by atoms with E-state index in [4.69, 9.17) is 5.73 Å². The lowest BCUT2D eigenvalue weighted by Gasteiger charge is -2.06. The summed E-state index contributed by atoms with van der Waals surface area (Å²) in [5.41, 5.74) is 8.26. The van der Waals surface area contributed by atoms with Gasteiger partial charge < -0.3 is 11.1 Å². The highest BCUT2D eigenvalue weighted by atomic mass is 16.1. The minimum absolute atomic E-state index is 0.0841. The molecule has 0 unspecified atom stereocenters. The van der Waals surface area contributed by atoms with Crippen LogP contribution in [-0.4, -0.2) is 22.2 Å². The van der Waals surface area contributed by atoms with Crippen molar-refractivity contribution in [3.8, 4) is 0 Å². The lowest BCUT2D eigenvalue weighted by Crippen LogP contribution is -2.27. The van der Waals surface area contributed by atoms with Crippen molar-refractivity contribution in [2.24, 2.45) is 5.73 Å². The smallest absolute Gasteiger partial charge is 0.251 e. The predicted octanol–water partition coefficient (Wildman–Crippen LogP) is 1.08. The molecule has 0 aliphatic rings. The molecule has 0 aliphatic heterocycles. The molecule has 0 bridgehead atoms. The number of nitrogens with zero attached hydrogens (tertiary/aromatic N) is 2. The third-order valence-electron chi connectivity index (χ3n) is 2.81. The minimum Gasteiger partial charge on any atom is -0.350 e. The van der Waals surface area contributed by atoms with E-state index in [0.717, 1.165) is 11.1 Å². The summed E-state index contributed by atoms with van der Waals surface area (Å²) in [7, 11) is 0. The van der Waals surface area contributed by atoms with Gasteiger partial charge in [-0.3, -0.25) is 9.48 Å². The van der Waals surface area contributed by atoms with Gasteiger partial charge in [0.1, 0.15) is 0 Å². The van der Waals surface area contributed by atoms with Crippen molar-refractivity contribution < 1.29 is 4.79 Å². The number of rotatable bonds is 5. The Labute approximate surface area is 112 Å². The lowest BCUT2D eigenvalue weighted by molar-refractivity contribution is 0.0952. The van der Waals surface area contributed by atoms with E-state index >= 15 is 0 Å². The zero-order valence-corrected chi connectivity index (χ0v) is 11.0. The number of carbonyl (C=O) groups excluding carboxylic acids is 1. The van der Waals surface area contributed by atoms with Gasteiger partial charge in [0, 0.05) is 24.8 Å². The molecular weight excluding hydrogens is 240 g/mol. The van der Waals surface area contributed by atoms with E-state index in [1.54, 1.807) is 12.3 Å². The highest BCUT2D eigenvalue weighted by molar-refractivity contribution is 5.94. The third kappa shape index (κ3) is 3.66. The molecule has 0 radical (unpaired) electrons. The van der Waals surface area contributed by atoms with Crippen LogP contribution < -0.4 is 11.1 Å². The number of benzene rings is 1. The molecule has 0 aliphatic carbocycles. The number of hydrogen-bond acceptors (Lipinski definition) is 3. The molecule has 0 fully saturated rings. The van der Waals surface area contributed by atoms with E-state index in [9.17, 15) is 4.79 Å². The largest absolute Gasteiger partial charge is 0.350 e. The van der Waals surface area contributed by atoms with Gasteiger partial charge in [0.15, 0.2) is 0 Å². The molecule has 5 nitrogen and oxygen atoms in total. The fraction of sp³-hybridized carbons (Fsp3) is 0.286. The summed E-state index contributed by atoms with van der Waals surface area (Å²) in [5.74, 6) is -0.0841. The van der Waals surface area contributed by atoms with Crippen molar-refractivity contribution in [3.63, 3.8) is 0 Å². The fourth-order valence-corrected chi connectivity index (χ4v) is 1.81. The van der Waals surface area contributed by atoms with Gasteiger partial charge in [-0.05, 0) is 30.2 Å². The van der Waals surface area contributed by atoms with Crippen LogP contribution in [0.4, 0.5) is 0 Å². The molecule has 2 rings (SSSR count). The number of aromatic nitrogens is 2. The minimum atomic E-state index is -0.0841. The van der Waals surface area contributed by atoms with Crippen LogP contribution >= 0.6 is 0 Å². The van der Waals surface area contributed by atoms with Gasteiger partial charge in [0.05, 0.1) is 12.7 Å². The van der Waals surface area contributed by atoms with E-state index < -0.39 is 0 Å². The predicted molar refractivity (Wildman–Crippen MR) is 73.6 cm³/mol. The van der Waals surface area contributed by atoms with E-state index in [1.807, 2.05) is 36.0 Å². The molecular formula is C14H18N4O. The van der Waals surface area contributed by atoms with Gasteiger partial charge in [-0.2, -0.15) is 5.10 Å².